The number of nitrogens with zero attached hydrogens (tertiary/aromatic N) is 3. The second-order valence-electron chi connectivity index (χ2n) is 3.09. The van der Waals surface area contributed by atoms with Crippen molar-refractivity contribution in [3.8, 4) is 5.69 Å². The Bertz CT molecular complexity index is 420. The average Bonchev–Trinajstić information content (AvgIpc) is 2.70. The van der Waals surface area contributed by atoms with E-state index in [4.69, 9.17) is 5.73 Å². The van der Waals surface area contributed by atoms with Gasteiger partial charge in [-0.1, -0.05) is 18.2 Å². The molecule has 0 amide bonds. The number of anilines is 1. The van der Waals surface area contributed by atoms with Gasteiger partial charge >= 0.3 is 0 Å². The largest absolute Gasteiger partial charge is 0.399 e. The number of hydrogen-bond acceptors (Lipinski definition) is 3. The molecule has 0 saturated heterocycles. The molecule has 4 nitrogen and oxygen atoms in total. The molecule has 1 aromatic carbocycles. The number of benzene rings is 1. The van der Waals surface area contributed by atoms with Crippen LogP contribution < -0.4 is 5.73 Å². The zero-order valence-electron chi connectivity index (χ0n) is 8.01. The maximum atomic E-state index is 5.73. The van der Waals surface area contributed by atoms with E-state index < -0.39 is 0 Å². The number of aryl methyl sites for hydroxylation is 1. The highest BCUT2D eigenvalue weighted by Crippen LogP contribution is 2.17. The van der Waals surface area contributed by atoms with E-state index in [1.165, 1.54) is 5.56 Å². The van der Waals surface area contributed by atoms with Crippen molar-refractivity contribution in [3.05, 3.63) is 36.2 Å². The third kappa shape index (κ3) is 1.46. The molecule has 1 heterocycles. The molecule has 2 rings (SSSR count). The van der Waals surface area contributed by atoms with Crippen LogP contribution in [0.4, 0.5) is 5.69 Å². The molecule has 2 aromatic rings. The smallest absolute Gasteiger partial charge is 0.0715 e. The van der Waals surface area contributed by atoms with Crippen LogP contribution in [0.2, 0.25) is 0 Å². The molecule has 0 unspecified atom stereocenters. The third-order valence-electron chi connectivity index (χ3n) is 2.16. The summed E-state index contributed by atoms with van der Waals surface area (Å²) in [5.74, 6) is 0. The molecular formula is C10H12N4. The molecule has 2 N–H and O–H groups in total. The molecule has 0 bridgehead atoms. The zero-order chi connectivity index (χ0) is 9.97. The molecule has 0 atom stereocenters. The van der Waals surface area contributed by atoms with Gasteiger partial charge in [-0.3, -0.25) is 0 Å². The van der Waals surface area contributed by atoms with Crippen molar-refractivity contribution in [2.24, 2.45) is 0 Å². The van der Waals surface area contributed by atoms with Crippen molar-refractivity contribution in [3.63, 3.8) is 0 Å². The lowest BCUT2D eigenvalue weighted by Gasteiger charge is -2.07. The number of rotatable bonds is 2. The molecule has 0 fully saturated rings. The van der Waals surface area contributed by atoms with Crippen molar-refractivity contribution in [1.29, 1.82) is 0 Å². The van der Waals surface area contributed by atoms with E-state index in [0.29, 0.717) is 0 Å². The van der Waals surface area contributed by atoms with Gasteiger partial charge in [0.25, 0.3) is 0 Å². The Balaban J connectivity index is 2.55. The summed E-state index contributed by atoms with van der Waals surface area (Å²) in [6, 6.07) is 5.83. The quantitative estimate of drug-likeness (QED) is 0.725. The summed E-state index contributed by atoms with van der Waals surface area (Å²) in [5, 5.41) is 7.72. The first-order chi connectivity index (χ1) is 6.81. The lowest BCUT2D eigenvalue weighted by atomic mass is 10.1. The molecule has 0 aliphatic carbocycles. The van der Waals surface area contributed by atoms with Crippen molar-refractivity contribution in [1.82, 2.24) is 15.0 Å². The normalized spacial score (nSPS) is 10.4. The van der Waals surface area contributed by atoms with Gasteiger partial charge in [0.05, 0.1) is 18.1 Å². The van der Waals surface area contributed by atoms with E-state index >= 15 is 0 Å². The molecule has 1 aromatic heterocycles. The van der Waals surface area contributed by atoms with Crippen LogP contribution in [0.3, 0.4) is 0 Å². The van der Waals surface area contributed by atoms with Gasteiger partial charge in [0, 0.05) is 5.69 Å². The molecule has 0 aliphatic heterocycles. The Kier molecular flexibility index (Phi) is 2.18. The maximum absolute atomic E-state index is 5.73. The van der Waals surface area contributed by atoms with Gasteiger partial charge in [0.15, 0.2) is 0 Å². The zero-order valence-corrected chi connectivity index (χ0v) is 8.01. The molecular weight excluding hydrogens is 176 g/mol. The van der Waals surface area contributed by atoms with E-state index in [1.54, 1.807) is 10.9 Å². The first-order valence-electron chi connectivity index (χ1n) is 4.56. The highest BCUT2D eigenvalue weighted by Gasteiger charge is 2.03. The SMILES string of the molecule is CCc1ccc(N)cc1-n1ccnn1. The maximum Gasteiger partial charge on any atom is 0.0715 e. The van der Waals surface area contributed by atoms with E-state index in [9.17, 15) is 0 Å². The topological polar surface area (TPSA) is 56.7 Å². The number of aromatic nitrogens is 3. The fourth-order valence-electron chi connectivity index (χ4n) is 1.43. The molecule has 14 heavy (non-hydrogen) atoms. The average molecular weight is 188 g/mol. The van der Waals surface area contributed by atoms with Crippen LogP contribution in [0.25, 0.3) is 5.69 Å². The van der Waals surface area contributed by atoms with Crippen LogP contribution in [-0.2, 0) is 6.42 Å². The molecule has 0 radical (unpaired) electrons. The monoisotopic (exact) mass is 188 g/mol. The summed E-state index contributed by atoms with van der Waals surface area (Å²) < 4.78 is 1.73. The fraction of sp³-hybridized carbons (Fsp3) is 0.200. The highest BCUT2D eigenvalue weighted by atomic mass is 15.4. The van der Waals surface area contributed by atoms with Crippen molar-refractivity contribution in [2.45, 2.75) is 13.3 Å². The van der Waals surface area contributed by atoms with Crippen LogP contribution in [0.5, 0.6) is 0 Å². The van der Waals surface area contributed by atoms with Crippen LogP contribution in [-0.4, -0.2) is 15.0 Å². The Morgan fingerprint density at radius 3 is 2.93 bits per heavy atom. The van der Waals surface area contributed by atoms with Crippen molar-refractivity contribution >= 4 is 5.69 Å². The highest BCUT2D eigenvalue weighted by molar-refractivity contribution is 5.52. The van der Waals surface area contributed by atoms with Crippen molar-refractivity contribution < 1.29 is 0 Å². The molecule has 0 saturated carbocycles. The summed E-state index contributed by atoms with van der Waals surface area (Å²) >= 11 is 0. The minimum atomic E-state index is 0.743. The predicted molar refractivity (Wildman–Crippen MR) is 55.1 cm³/mol. The van der Waals surface area contributed by atoms with Gasteiger partial charge in [-0.2, -0.15) is 0 Å². The minimum absolute atomic E-state index is 0.743. The van der Waals surface area contributed by atoms with E-state index in [1.807, 2.05) is 24.4 Å². The Labute approximate surface area is 82.4 Å². The first kappa shape index (κ1) is 8.74. The van der Waals surface area contributed by atoms with Crippen LogP contribution >= 0.6 is 0 Å². The standard InChI is InChI=1S/C10H12N4/c1-2-8-3-4-9(11)7-10(8)14-6-5-12-13-14/h3-7H,2,11H2,1H3. The van der Waals surface area contributed by atoms with Gasteiger partial charge in [0.2, 0.25) is 0 Å². The Morgan fingerprint density at radius 1 is 1.43 bits per heavy atom. The van der Waals surface area contributed by atoms with Crippen LogP contribution in [0.15, 0.2) is 30.6 Å². The Hall–Kier alpha value is -1.84. The number of hydrogen-bond donors (Lipinski definition) is 1. The molecule has 0 aliphatic rings. The summed E-state index contributed by atoms with van der Waals surface area (Å²) in [6.07, 6.45) is 4.42. The summed E-state index contributed by atoms with van der Waals surface area (Å²) in [4.78, 5) is 0. The minimum Gasteiger partial charge on any atom is -0.399 e. The van der Waals surface area contributed by atoms with Gasteiger partial charge < -0.3 is 5.73 Å². The lowest BCUT2D eigenvalue weighted by molar-refractivity contribution is 0.794. The van der Waals surface area contributed by atoms with Crippen molar-refractivity contribution in [2.75, 3.05) is 5.73 Å². The number of nitrogen functional groups attached to an aromatic ring is 1. The van der Waals surface area contributed by atoms with E-state index in [-0.39, 0.29) is 0 Å². The van der Waals surface area contributed by atoms with Crippen LogP contribution in [0.1, 0.15) is 12.5 Å². The molecule has 72 valence electrons. The second-order valence-corrected chi connectivity index (χ2v) is 3.09. The predicted octanol–water partition coefficient (Wildman–Crippen LogP) is 1.41. The van der Waals surface area contributed by atoms with Gasteiger partial charge in [-0.25, -0.2) is 4.68 Å². The summed E-state index contributed by atoms with van der Waals surface area (Å²) in [7, 11) is 0. The number of nitrogens with two attached hydrogens (primary N) is 1. The second kappa shape index (κ2) is 3.49. The fourth-order valence-corrected chi connectivity index (χ4v) is 1.43. The van der Waals surface area contributed by atoms with Gasteiger partial charge in [0.1, 0.15) is 0 Å². The molecule has 4 heteroatoms. The summed E-state index contributed by atoms with van der Waals surface area (Å²) in [5.41, 5.74) is 8.69. The summed E-state index contributed by atoms with van der Waals surface area (Å²) in [6.45, 7) is 2.10. The van der Waals surface area contributed by atoms with Crippen LogP contribution in [0, 0.1) is 0 Å². The van der Waals surface area contributed by atoms with Gasteiger partial charge in [-0.05, 0) is 24.1 Å². The third-order valence-corrected chi connectivity index (χ3v) is 2.16. The Morgan fingerprint density at radius 2 is 2.29 bits per heavy atom. The molecule has 0 spiro atoms. The first-order valence-corrected chi connectivity index (χ1v) is 4.56. The van der Waals surface area contributed by atoms with E-state index in [2.05, 4.69) is 17.2 Å². The van der Waals surface area contributed by atoms with Gasteiger partial charge in [-0.15, -0.1) is 5.10 Å². The lowest BCUT2D eigenvalue weighted by Crippen LogP contribution is -2.01. The van der Waals surface area contributed by atoms with E-state index in [0.717, 1.165) is 17.8 Å².